The number of H-pyrrole nitrogens is 1. The first-order valence-corrected chi connectivity index (χ1v) is 8.34. The van der Waals surface area contributed by atoms with Crippen molar-refractivity contribution in [3.8, 4) is 0 Å². The number of aromatic nitrogens is 2. The number of amides is 1. The number of hydrogen-bond acceptors (Lipinski definition) is 4. The maximum Gasteiger partial charge on any atom is 0.291 e. The number of hydrogen-bond donors (Lipinski definition) is 2. The lowest BCUT2D eigenvalue weighted by molar-refractivity contribution is 0.0950. The van der Waals surface area contributed by atoms with Gasteiger partial charge in [-0.15, -0.1) is 0 Å². The van der Waals surface area contributed by atoms with Crippen LogP contribution in [-0.2, 0) is 0 Å². The van der Waals surface area contributed by atoms with E-state index in [9.17, 15) is 4.79 Å². The van der Waals surface area contributed by atoms with Crippen LogP contribution in [-0.4, -0.2) is 35.4 Å². The van der Waals surface area contributed by atoms with Gasteiger partial charge in [-0.25, -0.2) is 5.43 Å². The van der Waals surface area contributed by atoms with Crippen molar-refractivity contribution in [2.75, 3.05) is 18.0 Å². The molecule has 0 spiro atoms. The summed E-state index contributed by atoms with van der Waals surface area (Å²) in [6.45, 7) is 8.33. The minimum Gasteiger partial charge on any atom is -0.372 e. The first kappa shape index (κ1) is 17.7. The number of aromatic amines is 1. The van der Waals surface area contributed by atoms with Crippen molar-refractivity contribution in [3.05, 3.63) is 47.3 Å². The minimum atomic E-state index is -0.329. The quantitative estimate of drug-likeness (QED) is 0.578. The highest BCUT2D eigenvalue weighted by molar-refractivity contribution is 5.93. The van der Waals surface area contributed by atoms with E-state index in [1.165, 1.54) is 5.69 Å². The SMILES string of the molecule is CCCN(CCC)c1ccc(C=NNC(=O)c2cc(C)[nH]n2)cc1. The first-order chi connectivity index (χ1) is 11.6. The summed E-state index contributed by atoms with van der Waals surface area (Å²) in [5.41, 5.74) is 5.79. The van der Waals surface area contributed by atoms with Gasteiger partial charge in [0.2, 0.25) is 0 Å². The molecular formula is C18H25N5O. The van der Waals surface area contributed by atoms with E-state index >= 15 is 0 Å². The van der Waals surface area contributed by atoms with Crippen LogP contribution in [0.4, 0.5) is 5.69 Å². The Hall–Kier alpha value is -2.63. The minimum absolute atomic E-state index is 0.328. The summed E-state index contributed by atoms with van der Waals surface area (Å²) in [5, 5.41) is 10.6. The Labute approximate surface area is 143 Å². The lowest BCUT2D eigenvalue weighted by atomic mass is 10.2. The molecule has 1 amide bonds. The summed E-state index contributed by atoms with van der Waals surface area (Å²) >= 11 is 0. The molecule has 2 rings (SSSR count). The molecule has 0 saturated heterocycles. The molecule has 0 unspecified atom stereocenters. The topological polar surface area (TPSA) is 73.4 Å². The van der Waals surface area contributed by atoms with E-state index in [0.29, 0.717) is 5.69 Å². The monoisotopic (exact) mass is 327 g/mol. The molecule has 1 aromatic carbocycles. The first-order valence-electron chi connectivity index (χ1n) is 8.34. The number of carbonyl (C=O) groups is 1. The summed E-state index contributed by atoms with van der Waals surface area (Å²) < 4.78 is 0. The predicted molar refractivity (Wildman–Crippen MR) is 97.6 cm³/mol. The smallest absolute Gasteiger partial charge is 0.291 e. The van der Waals surface area contributed by atoms with E-state index in [2.05, 4.69) is 51.6 Å². The summed E-state index contributed by atoms with van der Waals surface area (Å²) in [5.74, 6) is -0.329. The van der Waals surface area contributed by atoms with E-state index in [1.807, 2.05) is 19.1 Å². The van der Waals surface area contributed by atoms with Crippen molar-refractivity contribution >= 4 is 17.8 Å². The molecule has 2 aromatic rings. The molecule has 0 atom stereocenters. The fraction of sp³-hybridized carbons (Fsp3) is 0.389. The fourth-order valence-electron chi connectivity index (χ4n) is 2.44. The van der Waals surface area contributed by atoms with Crippen LogP contribution in [0.1, 0.15) is 48.4 Å². The van der Waals surface area contributed by atoms with Gasteiger partial charge >= 0.3 is 0 Å². The van der Waals surface area contributed by atoms with E-state index in [4.69, 9.17) is 0 Å². The second-order valence-corrected chi connectivity index (χ2v) is 5.71. The lowest BCUT2D eigenvalue weighted by Gasteiger charge is -2.23. The number of benzene rings is 1. The van der Waals surface area contributed by atoms with Crippen LogP contribution >= 0.6 is 0 Å². The van der Waals surface area contributed by atoms with E-state index in [0.717, 1.165) is 37.2 Å². The van der Waals surface area contributed by atoms with Crippen molar-refractivity contribution in [2.24, 2.45) is 5.10 Å². The molecule has 0 aliphatic carbocycles. The van der Waals surface area contributed by atoms with Crippen LogP contribution in [0, 0.1) is 6.92 Å². The highest BCUT2D eigenvalue weighted by Crippen LogP contribution is 2.15. The van der Waals surface area contributed by atoms with E-state index in [1.54, 1.807) is 12.3 Å². The molecule has 2 N–H and O–H groups in total. The Kier molecular flexibility index (Phi) is 6.54. The molecule has 6 heteroatoms. The summed E-state index contributed by atoms with van der Waals surface area (Å²) in [7, 11) is 0. The van der Waals surface area contributed by atoms with Crippen molar-refractivity contribution < 1.29 is 4.79 Å². The lowest BCUT2D eigenvalue weighted by Crippen LogP contribution is -2.24. The maximum absolute atomic E-state index is 11.8. The Morgan fingerprint density at radius 2 is 1.92 bits per heavy atom. The van der Waals surface area contributed by atoms with Crippen LogP contribution in [0.15, 0.2) is 35.4 Å². The van der Waals surface area contributed by atoms with E-state index < -0.39 is 0 Å². The zero-order valence-electron chi connectivity index (χ0n) is 14.5. The standard InChI is InChI=1S/C18H25N5O/c1-4-10-23(11-5-2)16-8-6-15(7-9-16)13-19-22-18(24)17-12-14(3)20-21-17/h6-9,12-13H,4-5,10-11H2,1-3H3,(H,20,21)(H,22,24). The molecule has 128 valence electrons. The Bertz CT molecular complexity index is 669. The normalized spacial score (nSPS) is 11.0. The third kappa shape index (κ3) is 4.94. The third-order valence-electron chi connectivity index (χ3n) is 3.56. The van der Waals surface area contributed by atoms with Gasteiger partial charge in [0.15, 0.2) is 5.69 Å². The number of hydrazone groups is 1. The number of nitrogens with one attached hydrogen (secondary N) is 2. The summed E-state index contributed by atoms with van der Waals surface area (Å²) in [6.07, 6.45) is 3.88. The molecule has 24 heavy (non-hydrogen) atoms. The molecule has 0 radical (unpaired) electrons. The number of nitrogens with zero attached hydrogens (tertiary/aromatic N) is 3. The molecule has 6 nitrogen and oxygen atoms in total. The second kappa shape index (κ2) is 8.86. The molecule has 0 aliphatic heterocycles. The van der Waals surface area contributed by atoms with Gasteiger partial charge in [-0.2, -0.15) is 10.2 Å². The largest absolute Gasteiger partial charge is 0.372 e. The molecule has 1 aromatic heterocycles. The number of rotatable bonds is 8. The highest BCUT2D eigenvalue weighted by atomic mass is 16.2. The molecule has 0 fully saturated rings. The van der Waals surface area contributed by atoms with Gasteiger partial charge in [0, 0.05) is 24.5 Å². The molecule has 0 aliphatic rings. The summed E-state index contributed by atoms with van der Waals surface area (Å²) in [6, 6.07) is 9.86. The van der Waals surface area contributed by atoms with Crippen LogP contribution in [0.5, 0.6) is 0 Å². The second-order valence-electron chi connectivity index (χ2n) is 5.71. The van der Waals surface area contributed by atoms with Gasteiger partial charge in [-0.05, 0) is 43.5 Å². The summed E-state index contributed by atoms with van der Waals surface area (Å²) in [4.78, 5) is 14.2. The Morgan fingerprint density at radius 1 is 1.25 bits per heavy atom. The highest BCUT2D eigenvalue weighted by Gasteiger charge is 2.07. The van der Waals surface area contributed by atoms with Crippen molar-refractivity contribution in [1.29, 1.82) is 0 Å². The van der Waals surface area contributed by atoms with Crippen molar-refractivity contribution in [2.45, 2.75) is 33.6 Å². The zero-order valence-corrected chi connectivity index (χ0v) is 14.5. The van der Waals surface area contributed by atoms with Crippen LogP contribution in [0.2, 0.25) is 0 Å². The molecule has 0 bridgehead atoms. The van der Waals surface area contributed by atoms with E-state index in [-0.39, 0.29) is 5.91 Å². The fourth-order valence-corrected chi connectivity index (χ4v) is 2.44. The van der Waals surface area contributed by atoms with Gasteiger partial charge in [0.1, 0.15) is 0 Å². The van der Waals surface area contributed by atoms with Crippen LogP contribution < -0.4 is 10.3 Å². The average Bonchev–Trinajstić information content (AvgIpc) is 3.02. The van der Waals surface area contributed by atoms with Gasteiger partial charge < -0.3 is 4.90 Å². The van der Waals surface area contributed by atoms with Crippen molar-refractivity contribution in [3.63, 3.8) is 0 Å². The van der Waals surface area contributed by atoms with Crippen LogP contribution in [0.3, 0.4) is 0 Å². The van der Waals surface area contributed by atoms with Crippen LogP contribution in [0.25, 0.3) is 0 Å². The number of anilines is 1. The number of aryl methyl sites for hydroxylation is 1. The van der Waals surface area contributed by atoms with Crippen molar-refractivity contribution in [1.82, 2.24) is 15.6 Å². The van der Waals surface area contributed by atoms with Gasteiger partial charge in [0.05, 0.1) is 6.21 Å². The maximum atomic E-state index is 11.8. The molecular weight excluding hydrogens is 302 g/mol. The van der Waals surface area contributed by atoms with Gasteiger partial charge in [0.25, 0.3) is 5.91 Å². The zero-order chi connectivity index (χ0) is 17.4. The average molecular weight is 327 g/mol. The Balaban J connectivity index is 1.94. The van der Waals surface area contributed by atoms with Gasteiger partial charge in [-0.3, -0.25) is 9.89 Å². The van der Waals surface area contributed by atoms with Gasteiger partial charge in [-0.1, -0.05) is 26.0 Å². The third-order valence-corrected chi connectivity index (χ3v) is 3.56. The predicted octanol–water partition coefficient (Wildman–Crippen LogP) is 3.11. The Morgan fingerprint density at radius 3 is 2.46 bits per heavy atom. The molecule has 0 saturated carbocycles. The number of carbonyl (C=O) groups excluding carboxylic acids is 1. The molecule has 1 heterocycles.